The van der Waals surface area contributed by atoms with Crippen molar-refractivity contribution in [3.05, 3.63) is 157 Å². The number of benzene rings is 6. The maximum atomic E-state index is 2.66. The fourth-order valence-corrected chi connectivity index (χ4v) is 7.60. The van der Waals surface area contributed by atoms with E-state index in [-0.39, 0.29) is 0 Å². The molecule has 0 aromatic heterocycles. The quantitative estimate of drug-likeness (QED) is 0.177. The Morgan fingerprint density at radius 1 is 0.591 bits per heavy atom. The third kappa shape index (κ3) is 4.17. The maximum absolute atomic E-state index is 2.66. The molecule has 1 fully saturated rings. The molecule has 6 aromatic carbocycles. The lowest BCUT2D eigenvalue weighted by molar-refractivity contribution is 0.630. The first kappa shape index (κ1) is 25.4. The highest BCUT2D eigenvalue weighted by atomic mass is 15.2. The van der Waals surface area contributed by atoms with Gasteiger partial charge < -0.3 is 9.80 Å². The van der Waals surface area contributed by atoms with Crippen LogP contribution in [0.15, 0.2) is 157 Å². The second-order valence-electron chi connectivity index (χ2n) is 12.5. The lowest BCUT2D eigenvalue weighted by Gasteiger charge is -2.33. The average molecular weight is 567 g/mol. The topological polar surface area (TPSA) is 6.48 Å². The molecule has 1 saturated carbocycles. The van der Waals surface area contributed by atoms with E-state index < -0.39 is 0 Å². The van der Waals surface area contributed by atoms with Gasteiger partial charge in [-0.25, -0.2) is 0 Å². The van der Waals surface area contributed by atoms with E-state index in [4.69, 9.17) is 0 Å². The van der Waals surface area contributed by atoms with E-state index in [0.717, 1.165) is 24.3 Å². The number of allylic oxidation sites excluding steroid dienone is 7. The van der Waals surface area contributed by atoms with E-state index in [1.165, 1.54) is 55.8 Å². The zero-order valence-electron chi connectivity index (χ0n) is 24.7. The maximum Gasteiger partial charge on any atom is 0.0540 e. The molecule has 0 N–H and O–H groups in total. The highest BCUT2D eigenvalue weighted by Crippen LogP contribution is 2.51. The Labute approximate surface area is 258 Å². The van der Waals surface area contributed by atoms with Crippen LogP contribution in [0, 0.1) is 17.8 Å². The first-order valence-electron chi connectivity index (χ1n) is 15.9. The Morgan fingerprint density at radius 3 is 1.89 bits per heavy atom. The third-order valence-electron chi connectivity index (χ3n) is 9.82. The number of hydrogen-bond donors (Lipinski definition) is 0. The second kappa shape index (κ2) is 10.3. The van der Waals surface area contributed by atoms with Gasteiger partial charge >= 0.3 is 0 Å². The summed E-state index contributed by atoms with van der Waals surface area (Å²) in [5, 5.41) is 7.91. The van der Waals surface area contributed by atoms with E-state index >= 15 is 0 Å². The summed E-state index contributed by atoms with van der Waals surface area (Å²) in [5.41, 5.74) is 6.33. The standard InChI is InChI=1S/C42H34N2/c1-4-11-29(12-5-1)28-43(38-18-10-13-32-27-37(32)38)39-25-21-30-19-20-31-22-26-40(36-24-23-35(39)41(30)42(31)36)44(33-14-6-2-7-15-33)34-16-8-3-9-17-34/h1-11,13-26,29,32,37H,12,27-28H2. The van der Waals surface area contributed by atoms with Gasteiger partial charge in [-0.2, -0.15) is 0 Å². The number of rotatable bonds is 7. The lowest BCUT2D eigenvalue weighted by Crippen LogP contribution is -2.30. The van der Waals surface area contributed by atoms with E-state index in [1.54, 1.807) is 0 Å². The molecule has 3 aliphatic carbocycles. The Hall–Kier alpha value is -5.08. The molecule has 2 nitrogen and oxygen atoms in total. The van der Waals surface area contributed by atoms with Gasteiger partial charge in [0.05, 0.1) is 5.69 Å². The van der Waals surface area contributed by atoms with E-state index in [1.807, 2.05) is 0 Å². The van der Waals surface area contributed by atoms with Gasteiger partial charge in [-0.1, -0.05) is 109 Å². The van der Waals surface area contributed by atoms with Gasteiger partial charge in [0.15, 0.2) is 0 Å². The first-order chi connectivity index (χ1) is 21.8. The fraction of sp³-hybridized carbons (Fsp3) is 0.143. The monoisotopic (exact) mass is 566 g/mol. The molecule has 0 heterocycles. The van der Waals surface area contributed by atoms with Crippen LogP contribution >= 0.6 is 0 Å². The number of nitrogens with zero attached hydrogens (tertiary/aromatic N) is 2. The Bertz CT molecular complexity index is 2080. The number of hydrogen-bond acceptors (Lipinski definition) is 2. The lowest BCUT2D eigenvalue weighted by atomic mass is 9.91. The molecule has 2 heteroatoms. The molecule has 0 aliphatic heterocycles. The van der Waals surface area contributed by atoms with Crippen molar-refractivity contribution in [1.29, 1.82) is 0 Å². The summed E-state index contributed by atoms with van der Waals surface area (Å²) in [6.07, 6.45) is 18.5. The van der Waals surface area contributed by atoms with E-state index in [2.05, 4.69) is 162 Å². The van der Waals surface area contributed by atoms with Crippen molar-refractivity contribution >= 4 is 55.1 Å². The van der Waals surface area contributed by atoms with Crippen molar-refractivity contribution in [2.24, 2.45) is 17.8 Å². The van der Waals surface area contributed by atoms with E-state index in [0.29, 0.717) is 17.8 Å². The Balaban J connectivity index is 1.26. The molecule has 0 spiro atoms. The van der Waals surface area contributed by atoms with Gasteiger partial charge in [-0.15, -0.1) is 0 Å². The van der Waals surface area contributed by atoms with Crippen LogP contribution < -0.4 is 9.80 Å². The summed E-state index contributed by atoms with van der Waals surface area (Å²) < 4.78 is 0. The fourth-order valence-electron chi connectivity index (χ4n) is 7.60. The molecule has 0 bridgehead atoms. The van der Waals surface area contributed by atoms with Gasteiger partial charge in [0.25, 0.3) is 0 Å². The molecule has 3 aliphatic rings. The van der Waals surface area contributed by atoms with Crippen LogP contribution in [0.1, 0.15) is 12.8 Å². The van der Waals surface area contributed by atoms with Crippen LogP contribution in [0.4, 0.5) is 22.7 Å². The molecule has 9 rings (SSSR count). The van der Waals surface area contributed by atoms with Gasteiger partial charge in [0, 0.05) is 46.0 Å². The van der Waals surface area contributed by atoms with Gasteiger partial charge in [0.1, 0.15) is 0 Å². The molecule has 3 atom stereocenters. The van der Waals surface area contributed by atoms with Crippen LogP contribution in [-0.2, 0) is 0 Å². The van der Waals surface area contributed by atoms with Crippen molar-refractivity contribution in [3.63, 3.8) is 0 Å². The summed E-state index contributed by atoms with van der Waals surface area (Å²) in [6.45, 7) is 0.995. The van der Waals surface area contributed by atoms with Gasteiger partial charge in [0.2, 0.25) is 0 Å². The first-order valence-corrected chi connectivity index (χ1v) is 15.9. The third-order valence-corrected chi connectivity index (χ3v) is 9.82. The molecule has 6 aromatic rings. The van der Waals surface area contributed by atoms with Crippen molar-refractivity contribution in [2.45, 2.75) is 12.8 Å². The van der Waals surface area contributed by atoms with Crippen LogP contribution in [-0.4, -0.2) is 6.54 Å². The highest BCUT2D eigenvalue weighted by molar-refractivity contribution is 6.27. The minimum atomic E-state index is 0.499. The largest absolute Gasteiger partial charge is 0.344 e. The minimum absolute atomic E-state index is 0.499. The number of para-hydroxylation sites is 2. The Kier molecular flexibility index (Phi) is 5.94. The van der Waals surface area contributed by atoms with Crippen LogP contribution in [0.2, 0.25) is 0 Å². The number of fused-ring (bicyclic) bond motifs is 1. The molecule has 212 valence electrons. The summed E-state index contributed by atoms with van der Waals surface area (Å²) in [7, 11) is 0. The SMILES string of the molecule is C1=CCC(CN(C2=CC=CC3CC23)c2ccc3ccc4ccc(N(c5ccccc5)c5ccccc5)c5ccc2c3c45)C=C1. The molecule has 0 radical (unpaired) electrons. The average Bonchev–Trinajstić information content (AvgIpc) is 3.89. The van der Waals surface area contributed by atoms with Crippen molar-refractivity contribution < 1.29 is 0 Å². The molecule has 0 amide bonds. The van der Waals surface area contributed by atoms with Crippen molar-refractivity contribution in [1.82, 2.24) is 0 Å². The normalized spacial score (nSPS) is 20.3. The van der Waals surface area contributed by atoms with Crippen LogP contribution in [0.3, 0.4) is 0 Å². The molecule has 3 unspecified atom stereocenters. The molecule has 44 heavy (non-hydrogen) atoms. The summed E-state index contributed by atoms with van der Waals surface area (Å²) >= 11 is 0. The summed E-state index contributed by atoms with van der Waals surface area (Å²) in [6, 6.07) is 40.2. The predicted octanol–water partition coefficient (Wildman–Crippen LogP) is 11.1. The second-order valence-corrected chi connectivity index (χ2v) is 12.5. The minimum Gasteiger partial charge on any atom is -0.344 e. The summed E-state index contributed by atoms with van der Waals surface area (Å²) in [4.78, 5) is 5.06. The zero-order chi connectivity index (χ0) is 29.0. The van der Waals surface area contributed by atoms with Crippen molar-refractivity contribution in [2.75, 3.05) is 16.3 Å². The summed E-state index contributed by atoms with van der Waals surface area (Å²) in [5.74, 6) is 1.83. The zero-order valence-corrected chi connectivity index (χ0v) is 24.7. The number of anilines is 4. The van der Waals surface area contributed by atoms with Crippen LogP contribution in [0.5, 0.6) is 0 Å². The predicted molar refractivity (Wildman–Crippen MR) is 187 cm³/mol. The van der Waals surface area contributed by atoms with Gasteiger partial charge in [-0.05, 0) is 88.7 Å². The van der Waals surface area contributed by atoms with E-state index in [9.17, 15) is 0 Å². The Morgan fingerprint density at radius 2 is 1.23 bits per heavy atom. The van der Waals surface area contributed by atoms with Crippen molar-refractivity contribution in [3.8, 4) is 0 Å². The molecular formula is C42H34N2. The smallest absolute Gasteiger partial charge is 0.0540 e. The van der Waals surface area contributed by atoms with Gasteiger partial charge in [-0.3, -0.25) is 0 Å². The van der Waals surface area contributed by atoms with Crippen LogP contribution in [0.25, 0.3) is 32.3 Å². The molecular weight excluding hydrogens is 532 g/mol. The molecule has 0 saturated heterocycles. The highest BCUT2D eigenvalue weighted by Gasteiger charge is 2.42.